The summed E-state index contributed by atoms with van der Waals surface area (Å²) in [5.41, 5.74) is 1.30. The van der Waals surface area contributed by atoms with Crippen LogP contribution in [-0.4, -0.2) is 43.9 Å². The Kier molecular flexibility index (Phi) is 5.60. The van der Waals surface area contributed by atoms with Crippen molar-refractivity contribution in [3.63, 3.8) is 0 Å². The smallest absolute Gasteiger partial charge is 0.226 e. The predicted octanol–water partition coefficient (Wildman–Crippen LogP) is 2.65. The highest BCUT2D eigenvalue weighted by Crippen LogP contribution is 2.65. The van der Waals surface area contributed by atoms with Crippen LogP contribution in [0.1, 0.15) is 44.1 Å². The van der Waals surface area contributed by atoms with Crippen molar-refractivity contribution in [3.05, 3.63) is 29.8 Å². The van der Waals surface area contributed by atoms with Gasteiger partial charge in [-0.1, -0.05) is 12.1 Å². The number of rotatable bonds is 5. The van der Waals surface area contributed by atoms with Gasteiger partial charge >= 0.3 is 0 Å². The van der Waals surface area contributed by atoms with Gasteiger partial charge in [0.05, 0.1) is 18.6 Å². The number of ether oxygens (including phenoxy) is 1. The van der Waals surface area contributed by atoms with E-state index in [-0.39, 0.29) is 41.2 Å². The molecule has 1 aromatic rings. The predicted molar refractivity (Wildman–Crippen MR) is 114 cm³/mol. The zero-order valence-electron chi connectivity index (χ0n) is 17.2. The average Bonchev–Trinajstić information content (AvgIpc) is 3.10. The SMILES string of the molecule is COc1ccc(C23CC4CC(CC(C(=O)NCC5CNCC5O)(C4)C2)C3)cc1.Cl. The zero-order valence-corrected chi connectivity index (χ0v) is 18.0. The van der Waals surface area contributed by atoms with Crippen LogP contribution in [0.5, 0.6) is 5.75 Å². The summed E-state index contributed by atoms with van der Waals surface area (Å²) in [6.07, 6.45) is 6.43. The topological polar surface area (TPSA) is 70.6 Å². The first-order valence-electron chi connectivity index (χ1n) is 10.8. The molecule has 6 rings (SSSR count). The third-order valence-corrected chi connectivity index (χ3v) is 8.07. The number of carbonyl (C=O) groups is 1. The third-order valence-electron chi connectivity index (χ3n) is 8.07. The first-order chi connectivity index (χ1) is 13.5. The maximum absolute atomic E-state index is 13.4. The maximum atomic E-state index is 13.4. The monoisotopic (exact) mass is 420 g/mol. The van der Waals surface area contributed by atoms with Gasteiger partial charge in [0.1, 0.15) is 5.75 Å². The lowest BCUT2D eigenvalue weighted by molar-refractivity contribution is -0.149. The number of halogens is 1. The molecular formula is C23H33ClN2O3. The molecule has 5 nitrogen and oxygen atoms in total. The van der Waals surface area contributed by atoms with Crippen molar-refractivity contribution in [2.24, 2.45) is 23.2 Å². The van der Waals surface area contributed by atoms with Crippen LogP contribution in [0.15, 0.2) is 24.3 Å². The number of carbonyl (C=O) groups excluding carboxylic acids is 1. The summed E-state index contributed by atoms with van der Waals surface area (Å²) in [5, 5.41) is 16.5. The summed E-state index contributed by atoms with van der Waals surface area (Å²) in [6.45, 7) is 2.01. The molecule has 4 bridgehead atoms. The number of benzene rings is 1. The molecule has 1 amide bonds. The van der Waals surface area contributed by atoms with Crippen molar-refractivity contribution < 1.29 is 14.6 Å². The van der Waals surface area contributed by atoms with Crippen molar-refractivity contribution >= 4 is 18.3 Å². The highest BCUT2D eigenvalue weighted by atomic mass is 35.5. The van der Waals surface area contributed by atoms with E-state index in [4.69, 9.17) is 4.74 Å². The number of aliphatic hydroxyl groups excluding tert-OH is 1. The van der Waals surface area contributed by atoms with Crippen LogP contribution >= 0.6 is 12.4 Å². The molecule has 1 saturated heterocycles. The molecule has 1 aliphatic heterocycles. The minimum Gasteiger partial charge on any atom is -0.497 e. The van der Waals surface area contributed by atoms with Crippen molar-refractivity contribution in [1.82, 2.24) is 10.6 Å². The Morgan fingerprint density at radius 3 is 2.45 bits per heavy atom. The maximum Gasteiger partial charge on any atom is 0.226 e. The molecule has 3 N–H and O–H groups in total. The fourth-order valence-electron chi connectivity index (χ4n) is 7.15. The standard InChI is InChI=1S/C23H32N2O3.ClH/c1-28-19-4-2-18(3-5-19)22-7-15-6-16(8-22)10-23(9-15,14-22)21(27)25-12-17-11-24-13-20(17)26;/h2-5,15-17,20,24,26H,6-14H2,1H3,(H,25,27);1H. The van der Waals surface area contributed by atoms with Gasteiger partial charge in [-0.3, -0.25) is 4.79 Å². The lowest BCUT2D eigenvalue weighted by Crippen LogP contribution is -2.59. The molecule has 0 aromatic heterocycles. The number of aliphatic hydroxyl groups is 1. The van der Waals surface area contributed by atoms with Crippen molar-refractivity contribution in [3.8, 4) is 5.75 Å². The van der Waals surface area contributed by atoms with E-state index in [1.165, 1.54) is 24.8 Å². The normalized spacial score (nSPS) is 39.8. The van der Waals surface area contributed by atoms with E-state index in [2.05, 4.69) is 34.9 Å². The van der Waals surface area contributed by atoms with E-state index in [9.17, 15) is 9.90 Å². The Balaban J connectivity index is 0.00000205. The summed E-state index contributed by atoms with van der Waals surface area (Å²) in [7, 11) is 1.70. The Bertz CT molecular complexity index is 739. The Morgan fingerprint density at radius 1 is 1.17 bits per heavy atom. The van der Waals surface area contributed by atoms with Crippen LogP contribution in [0, 0.1) is 23.2 Å². The minimum absolute atomic E-state index is 0. The van der Waals surface area contributed by atoms with Crippen LogP contribution in [-0.2, 0) is 10.2 Å². The largest absolute Gasteiger partial charge is 0.497 e. The summed E-state index contributed by atoms with van der Waals surface area (Å²) >= 11 is 0. The molecular weight excluding hydrogens is 388 g/mol. The Hall–Kier alpha value is -1.30. The van der Waals surface area contributed by atoms with Crippen molar-refractivity contribution in [2.45, 2.75) is 50.0 Å². The highest BCUT2D eigenvalue weighted by molar-refractivity contribution is 5.85. The molecule has 4 unspecified atom stereocenters. The molecule has 4 atom stereocenters. The lowest BCUT2D eigenvalue weighted by Gasteiger charge is -2.61. The summed E-state index contributed by atoms with van der Waals surface area (Å²) in [6, 6.07) is 8.57. The zero-order chi connectivity index (χ0) is 19.4. The number of amides is 1. The van der Waals surface area contributed by atoms with Gasteiger partial charge in [-0.25, -0.2) is 0 Å². The average molecular weight is 421 g/mol. The van der Waals surface area contributed by atoms with E-state index < -0.39 is 0 Å². The molecule has 0 spiro atoms. The number of hydrogen-bond acceptors (Lipinski definition) is 4. The third kappa shape index (κ3) is 3.55. The molecule has 1 heterocycles. The molecule has 0 radical (unpaired) electrons. The van der Waals surface area contributed by atoms with Crippen molar-refractivity contribution in [2.75, 3.05) is 26.7 Å². The van der Waals surface area contributed by atoms with Crippen LogP contribution in [0.2, 0.25) is 0 Å². The molecule has 1 aromatic carbocycles. The Morgan fingerprint density at radius 2 is 1.86 bits per heavy atom. The number of β-amino-alcohol motifs (C(OH)–C–C–N with tert-alkyl or cyclic N) is 1. The van der Waals surface area contributed by atoms with Gasteiger partial charge in [0.2, 0.25) is 5.91 Å². The van der Waals surface area contributed by atoms with Gasteiger partial charge in [-0.05, 0) is 73.5 Å². The molecule has 5 aliphatic rings. The van der Waals surface area contributed by atoms with Gasteiger partial charge < -0.3 is 20.5 Å². The van der Waals surface area contributed by atoms with Crippen molar-refractivity contribution in [1.29, 1.82) is 0 Å². The second-order valence-electron chi connectivity index (χ2n) is 9.95. The van der Waals surface area contributed by atoms with E-state index in [1.807, 2.05) is 0 Å². The first-order valence-corrected chi connectivity index (χ1v) is 10.8. The van der Waals surface area contributed by atoms with Gasteiger partial charge in [-0.15, -0.1) is 12.4 Å². The molecule has 4 saturated carbocycles. The van der Waals surface area contributed by atoms with Crippen LogP contribution in [0.25, 0.3) is 0 Å². The van der Waals surface area contributed by atoms with Gasteiger partial charge in [0.25, 0.3) is 0 Å². The van der Waals surface area contributed by atoms with Gasteiger partial charge in [0, 0.05) is 25.6 Å². The van der Waals surface area contributed by atoms with E-state index >= 15 is 0 Å². The molecule has 4 aliphatic carbocycles. The van der Waals surface area contributed by atoms with Crippen LogP contribution in [0.4, 0.5) is 0 Å². The molecule has 160 valence electrons. The van der Waals surface area contributed by atoms with Crippen LogP contribution < -0.4 is 15.4 Å². The second kappa shape index (κ2) is 7.75. The highest BCUT2D eigenvalue weighted by Gasteiger charge is 2.60. The van der Waals surface area contributed by atoms with E-state index in [1.54, 1.807) is 7.11 Å². The van der Waals surface area contributed by atoms with Gasteiger partial charge in [0.15, 0.2) is 0 Å². The summed E-state index contributed by atoms with van der Waals surface area (Å²) in [4.78, 5) is 13.4. The fraction of sp³-hybridized carbons (Fsp3) is 0.696. The van der Waals surface area contributed by atoms with E-state index in [0.29, 0.717) is 24.9 Å². The van der Waals surface area contributed by atoms with E-state index in [0.717, 1.165) is 31.6 Å². The second-order valence-corrected chi connectivity index (χ2v) is 9.95. The quantitative estimate of drug-likeness (QED) is 0.684. The minimum atomic E-state index is -0.345. The summed E-state index contributed by atoms with van der Waals surface area (Å²) in [5.74, 6) is 2.58. The molecule has 29 heavy (non-hydrogen) atoms. The molecule has 5 fully saturated rings. The lowest BCUT2D eigenvalue weighted by atomic mass is 9.42. The number of nitrogens with one attached hydrogen (secondary N) is 2. The fourth-order valence-corrected chi connectivity index (χ4v) is 7.15. The van der Waals surface area contributed by atoms with Gasteiger partial charge in [-0.2, -0.15) is 0 Å². The Labute approximate surface area is 179 Å². The molecule has 6 heteroatoms. The number of hydrogen-bond donors (Lipinski definition) is 3. The summed E-state index contributed by atoms with van der Waals surface area (Å²) < 4.78 is 5.35. The number of methoxy groups -OCH3 is 1. The van der Waals surface area contributed by atoms with Crippen LogP contribution in [0.3, 0.4) is 0 Å². The first kappa shape index (κ1) is 21.0.